The summed E-state index contributed by atoms with van der Waals surface area (Å²) in [6.45, 7) is 1.81. The van der Waals surface area contributed by atoms with Crippen LogP contribution in [0, 0.1) is 5.82 Å². The molecule has 0 aromatic carbocycles. The zero-order valence-corrected chi connectivity index (χ0v) is 9.94. The van der Waals surface area contributed by atoms with E-state index in [9.17, 15) is 4.39 Å². The second-order valence-corrected chi connectivity index (χ2v) is 3.67. The highest BCUT2D eigenvalue weighted by atomic mass is 79.9. The minimum absolute atomic E-state index is 0.0305. The second kappa shape index (κ2) is 4.12. The molecule has 0 saturated heterocycles. The first-order chi connectivity index (χ1) is 7.63. The Morgan fingerprint density at radius 3 is 2.81 bits per heavy atom. The lowest BCUT2D eigenvalue weighted by atomic mass is 10.3. The number of halogens is 2. The molecule has 0 aliphatic rings. The molecule has 6 nitrogen and oxygen atoms in total. The van der Waals surface area contributed by atoms with Crippen LogP contribution in [0.1, 0.15) is 12.6 Å². The first kappa shape index (κ1) is 10.9. The van der Waals surface area contributed by atoms with Crippen LogP contribution in [-0.4, -0.2) is 24.7 Å². The summed E-state index contributed by atoms with van der Waals surface area (Å²) >= 11 is 3.12. The minimum atomic E-state index is -0.518. The fourth-order valence-electron chi connectivity index (χ4n) is 1.23. The van der Waals surface area contributed by atoms with Crippen molar-refractivity contribution in [2.75, 3.05) is 5.73 Å². The van der Waals surface area contributed by atoms with E-state index in [2.05, 4.69) is 36.0 Å². The van der Waals surface area contributed by atoms with Gasteiger partial charge in [-0.2, -0.15) is 9.67 Å². The monoisotopic (exact) mass is 286 g/mol. The van der Waals surface area contributed by atoms with Gasteiger partial charge in [-0.1, -0.05) is 6.92 Å². The van der Waals surface area contributed by atoms with Crippen molar-refractivity contribution in [3.8, 4) is 5.82 Å². The molecule has 0 unspecified atom stereocenters. The molecule has 0 fully saturated rings. The Balaban J connectivity index is 2.60. The maximum Gasteiger partial charge on any atom is 0.241 e. The van der Waals surface area contributed by atoms with E-state index >= 15 is 0 Å². The van der Waals surface area contributed by atoms with Gasteiger partial charge in [-0.05, 0) is 22.4 Å². The summed E-state index contributed by atoms with van der Waals surface area (Å²) < 4.78 is 15.4. The molecule has 16 heavy (non-hydrogen) atoms. The van der Waals surface area contributed by atoms with Gasteiger partial charge in [0.2, 0.25) is 10.7 Å². The maximum atomic E-state index is 13.9. The fourth-order valence-corrected chi connectivity index (χ4v) is 1.66. The Hall–Kier alpha value is -1.57. The Labute approximate surface area is 98.9 Å². The fraction of sp³-hybridized carbons (Fsp3) is 0.250. The summed E-state index contributed by atoms with van der Waals surface area (Å²) in [7, 11) is 0. The van der Waals surface area contributed by atoms with Gasteiger partial charge in [0.1, 0.15) is 6.33 Å². The number of rotatable bonds is 2. The maximum absolute atomic E-state index is 13.9. The van der Waals surface area contributed by atoms with Gasteiger partial charge in [0.15, 0.2) is 11.6 Å². The van der Waals surface area contributed by atoms with Crippen molar-refractivity contribution in [2.45, 2.75) is 13.3 Å². The summed E-state index contributed by atoms with van der Waals surface area (Å²) in [6.07, 6.45) is 1.75. The van der Waals surface area contributed by atoms with Gasteiger partial charge in [-0.25, -0.2) is 14.4 Å². The van der Waals surface area contributed by atoms with Crippen LogP contribution in [0.25, 0.3) is 5.82 Å². The molecule has 2 aromatic heterocycles. The highest BCUT2D eigenvalue weighted by Crippen LogP contribution is 2.17. The van der Waals surface area contributed by atoms with Crippen LogP contribution in [0.2, 0.25) is 0 Å². The normalized spacial score (nSPS) is 10.7. The number of hydrogen-bond acceptors (Lipinski definition) is 5. The standard InChI is InChI=1S/C8H8BrFN6/c1-2-4-5(10)6(13-3-12-4)16-7(9)14-8(11)15-16/h3H,2H2,1H3,(H2,11,15). The molecule has 0 aliphatic heterocycles. The van der Waals surface area contributed by atoms with Crippen LogP contribution in [0.5, 0.6) is 0 Å². The van der Waals surface area contributed by atoms with Gasteiger partial charge in [0.25, 0.3) is 0 Å². The molecule has 0 spiro atoms. The van der Waals surface area contributed by atoms with E-state index in [4.69, 9.17) is 5.73 Å². The molecule has 0 bridgehead atoms. The van der Waals surface area contributed by atoms with Gasteiger partial charge in [-0.3, -0.25) is 0 Å². The number of nitrogens with two attached hydrogens (primary N) is 1. The Kier molecular flexibility index (Phi) is 2.82. The topological polar surface area (TPSA) is 82.5 Å². The molecule has 2 rings (SSSR count). The van der Waals surface area contributed by atoms with Crippen LogP contribution >= 0.6 is 15.9 Å². The van der Waals surface area contributed by atoms with Crippen LogP contribution < -0.4 is 5.73 Å². The van der Waals surface area contributed by atoms with Crippen LogP contribution in [-0.2, 0) is 6.42 Å². The van der Waals surface area contributed by atoms with E-state index in [-0.39, 0.29) is 11.8 Å². The number of anilines is 1. The van der Waals surface area contributed by atoms with Crippen molar-refractivity contribution in [2.24, 2.45) is 0 Å². The van der Waals surface area contributed by atoms with Crippen LogP contribution in [0.15, 0.2) is 11.1 Å². The lowest BCUT2D eigenvalue weighted by molar-refractivity contribution is 0.572. The van der Waals surface area contributed by atoms with E-state index in [0.29, 0.717) is 16.8 Å². The highest BCUT2D eigenvalue weighted by Gasteiger charge is 2.15. The van der Waals surface area contributed by atoms with E-state index < -0.39 is 5.82 Å². The van der Waals surface area contributed by atoms with Crippen molar-refractivity contribution < 1.29 is 4.39 Å². The quantitative estimate of drug-likeness (QED) is 0.894. The van der Waals surface area contributed by atoms with Crippen molar-refractivity contribution in [1.82, 2.24) is 24.7 Å². The van der Waals surface area contributed by atoms with Gasteiger partial charge < -0.3 is 5.73 Å². The lowest BCUT2D eigenvalue weighted by Gasteiger charge is -2.04. The number of nitrogen functional groups attached to an aromatic ring is 1. The summed E-state index contributed by atoms with van der Waals surface area (Å²) in [5.74, 6) is -0.443. The van der Waals surface area contributed by atoms with Crippen molar-refractivity contribution in [3.05, 3.63) is 22.6 Å². The van der Waals surface area contributed by atoms with E-state index in [1.165, 1.54) is 11.0 Å². The molecule has 2 heterocycles. The number of hydrogen-bond donors (Lipinski definition) is 1. The number of nitrogens with zero attached hydrogens (tertiary/aromatic N) is 5. The molecule has 2 N–H and O–H groups in total. The first-order valence-electron chi connectivity index (χ1n) is 4.51. The molecule has 2 aromatic rings. The number of aromatic nitrogens is 5. The number of aryl methyl sites for hydroxylation is 1. The van der Waals surface area contributed by atoms with Gasteiger partial charge in [0.05, 0.1) is 5.69 Å². The molecule has 0 amide bonds. The Bertz CT molecular complexity index is 525. The average Bonchev–Trinajstić information content (AvgIpc) is 2.58. The summed E-state index contributed by atoms with van der Waals surface area (Å²) in [5, 5.41) is 3.82. The molecule has 0 radical (unpaired) electrons. The first-order valence-corrected chi connectivity index (χ1v) is 5.30. The zero-order chi connectivity index (χ0) is 11.7. The van der Waals surface area contributed by atoms with Crippen molar-refractivity contribution in [1.29, 1.82) is 0 Å². The minimum Gasteiger partial charge on any atom is -0.366 e. The van der Waals surface area contributed by atoms with Gasteiger partial charge >= 0.3 is 0 Å². The highest BCUT2D eigenvalue weighted by molar-refractivity contribution is 9.10. The molecule has 0 saturated carbocycles. The average molecular weight is 287 g/mol. The third-order valence-corrected chi connectivity index (χ3v) is 2.48. The van der Waals surface area contributed by atoms with Crippen molar-refractivity contribution >= 4 is 21.9 Å². The predicted molar refractivity (Wildman–Crippen MR) is 58.4 cm³/mol. The largest absolute Gasteiger partial charge is 0.366 e. The van der Waals surface area contributed by atoms with Crippen molar-refractivity contribution in [3.63, 3.8) is 0 Å². The SMILES string of the molecule is CCc1ncnc(-n2nc(N)nc2Br)c1F. The Morgan fingerprint density at radius 2 is 2.25 bits per heavy atom. The van der Waals surface area contributed by atoms with E-state index in [1.54, 1.807) is 6.92 Å². The Morgan fingerprint density at radius 1 is 1.50 bits per heavy atom. The third kappa shape index (κ3) is 1.75. The molecular formula is C8H8BrFN6. The smallest absolute Gasteiger partial charge is 0.241 e. The van der Waals surface area contributed by atoms with E-state index in [0.717, 1.165) is 0 Å². The van der Waals surface area contributed by atoms with Gasteiger partial charge in [0, 0.05) is 0 Å². The third-order valence-electron chi connectivity index (χ3n) is 1.96. The molecule has 84 valence electrons. The second-order valence-electron chi connectivity index (χ2n) is 2.96. The summed E-state index contributed by atoms with van der Waals surface area (Å²) in [4.78, 5) is 11.4. The lowest BCUT2D eigenvalue weighted by Crippen LogP contribution is -2.07. The molecule has 0 aliphatic carbocycles. The molecule has 8 heteroatoms. The predicted octanol–water partition coefficient (Wildman–Crippen LogP) is 1.10. The zero-order valence-electron chi connectivity index (χ0n) is 8.35. The molecular weight excluding hydrogens is 279 g/mol. The summed E-state index contributed by atoms with van der Waals surface area (Å²) in [6, 6.07) is 0. The van der Waals surface area contributed by atoms with E-state index in [1.807, 2.05) is 0 Å². The molecule has 0 atom stereocenters. The van der Waals surface area contributed by atoms with Crippen LogP contribution in [0.3, 0.4) is 0 Å². The van der Waals surface area contributed by atoms with Gasteiger partial charge in [-0.15, -0.1) is 5.10 Å². The van der Waals surface area contributed by atoms with Crippen LogP contribution in [0.4, 0.5) is 10.3 Å². The summed E-state index contributed by atoms with van der Waals surface area (Å²) in [5.41, 5.74) is 5.72.